The van der Waals surface area contributed by atoms with E-state index in [0.717, 1.165) is 25.8 Å². The van der Waals surface area contributed by atoms with E-state index in [1.165, 1.54) is 24.0 Å². The first kappa shape index (κ1) is 12.2. The third-order valence-electron chi connectivity index (χ3n) is 3.67. The van der Waals surface area contributed by atoms with Crippen LogP contribution in [0.5, 0.6) is 0 Å². The van der Waals surface area contributed by atoms with Crippen molar-refractivity contribution in [2.24, 2.45) is 0 Å². The van der Waals surface area contributed by atoms with Crippen LogP contribution in [0.1, 0.15) is 30.1 Å². The first-order valence-corrected chi connectivity index (χ1v) is 6.85. The molecule has 1 aliphatic heterocycles. The van der Waals surface area contributed by atoms with E-state index in [1.54, 1.807) is 0 Å². The van der Waals surface area contributed by atoms with Gasteiger partial charge in [0.05, 0.1) is 19.3 Å². The summed E-state index contributed by atoms with van der Waals surface area (Å²) in [5.74, 6) is 0. The molecule has 1 heterocycles. The Kier molecular flexibility index (Phi) is 3.64. The van der Waals surface area contributed by atoms with E-state index < -0.39 is 0 Å². The number of hydrogen-bond acceptors (Lipinski definition) is 3. The van der Waals surface area contributed by atoms with Gasteiger partial charge in [0, 0.05) is 12.6 Å². The lowest BCUT2D eigenvalue weighted by atomic mass is 10.0. The maximum Gasteiger partial charge on any atom is 0.105 e. The van der Waals surface area contributed by atoms with Crippen molar-refractivity contribution in [1.29, 1.82) is 0 Å². The molecule has 1 saturated carbocycles. The predicted molar refractivity (Wildman–Crippen MR) is 70.6 cm³/mol. The molecular formula is C15H21NO2. The van der Waals surface area contributed by atoms with Gasteiger partial charge in [-0.3, -0.25) is 0 Å². The zero-order valence-corrected chi connectivity index (χ0v) is 10.9. The lowest BCUT2D eigenvalue weighted by molar-refractivity contribution is -0.155. The molecule has 98 valence electrons. The molecule has 1 atom stereocenters. The van der Waals surface area contributed by atoms with Gasteiger partial charge in [-0.25, -0.2) is 0 Å². The summed E-state index contributed by atoms with van der Waals surface area (Å²) in [6, 6.07) is 9.22. The van der Waals surface area contributed by atoms with Crippen LogP contribution in [0.3, 0.4) is 0 Å². The van der Waals surface area contributed by atoms with Gasteiger partial charge in [-0.15, -0.1) is 0 Å². The van der Waals surface area contributed by atoms with E-state index in [4.69, 9.17) is 9.47 Å². The number of rotatable bonds is 6. The van der Waals surface area contributed by atoms with Crippen molar-refractivity contribution < 1.29 is 9.47 Å². The van der Waals surface area contributed by atoms with Crippen LogP contribution in [0.25, 0.3) is 0 Å². The van der Waals surface area contributed by atoms with Gasteiger partial charge in [-0.05, 0) is 30.9 Å². The van der Waals surface area contributed by atoms with Crippen molar-refractivity contribution in [3.63, 3.8) is 0 Å². The molecule has 3 heteroatoms. The third-order valence-corrected chi connectivity index (χ3v) is 3.67. The molecule has 1 aliphatic carbocycles. The monoisotopic (exact) mass is 247 g/mol. The lowest BCUT2D eigenvalue weighted by Gasteiger charge is -2.31. The molecule has 0 bridgehead atoms. The summed E-state index contributed by atoms with van der Waals surface area (Å²) in [6.45, 7) is 4.55. The summed E-state index contributed by atoms with van der Waals surface area (Å²) in [5.41, 5.74) is 2.61. The summed E-state index contributed by atoms with van der Waals surface area (Å²) in [6.07, 6.45) is 3.05. The highest BCUT2D eigenvalue weighted by Gasteiger charge is 2.27. The highest BCUT2D eigenvalue weighted by molar-refractivity contribution is 5.28. The highest BCUT2D eigenvalue weighted by Crippen LogP contribution is 2.26. The van der Waals surface area contributed by atoms with Gasteiger partial charge in [0.15, 0.2) is 0 Å². The van der Waals surface area contributed by atoms with Gasteiger partial charge in [0.25, 0.3) is 0 Å². The fourth-order valence-electron chi connectivity index (χ4n) is 2.27. The van der Waals surface area contributed by atoms with Crippen LogP contribution in [0, 0.1) is 6.92 Å². The highest BCUT2D eigenvalue weighted by atomic mass is 16.6. The lowest BCUT2D eigenvalue weighted by Crippen LogP contribution is -2.39. The number of aryl methyl sites for hydroxylation is 1. The fraction of sp³-hybridized carbons (Fsp3) is 0.600. The topological polar surface area (TPSA) is 30.5 Å². The average molecular weight is 247 g/mol. The molecule has 0 amide bonds. The van der Waals surface area contributed by atoms with Crippen LogP contribution in [-0.4, -0.2) is 31.9 Å². The molecule has 0 aromatic heterocycles. The summed E-state index contributed by atoms with van der Waals surface area (Å²) in [5, 5.41) is 3.57. The zero-order chi connectivity index (χ0) is 12.4. The summed E-state index contributed by atoms with van der Waals surface area (Å²) in [7, 11) is 0. The van der Waals surface area contributed by atoms with Crippen LogP contribution in [-0.2, 0) is 9.47 Å². The zero-order valence-electron chi connectivity index (χ0n) is 10.9. The van der Waals surface area contributed by atoms with E-state index in [2.05, 4.69) is 36.5 Å². The quantitative estimate of drug-likeness (QED) is 0.836. The SMILES string of the molecule is Cc1ccccc1C(CNC1CC1)OC1COC1. The van der Waals surface area contributed by atoms with Crippen LogP contribution in [0.4, 0.5) is 0 Å². The van der Waals surface area contributed by atoms with E-state index >= 15 is 0 Å². The Morgan fingerprint density at radius 1 is 1.33 bits per heavy atom. The largest absolute Gasteiger partial charge is 0.376 e. The second-order valence-electron chi connectivity index (χ2n) is 5.32. The molecule has 1 saturated heterocycles. The van der Waals surface area contributed by atoms with Crippen LogP contribution < -0.4 is 5.32 Å². The number of hydrogen-bond donors (Lipinski definition) is 1. The van der Waals surface area contributed by atoms with Crippen molar-refractivity contribution in [2.75, 3.05) is 19.8 Å². The molecule has 1 aromatic carbocycles. The standard InChI is InChI=1S/C15H21NO2/c1-11-4-2-3-5-14(11)15(8-16-12-6-7-12)18-13-9-17-10-13/h2-5,12-13,15-16H,6-10H2,1H3. The minimum absolute atomic E-state index is 0.153. The average Bonchev–Trinajstić information content (AvgIpc) is 3.12. The van der Waals surface area contributed by atoms with E-state index in [0.29, 0.717) is 0 Å². The third kappa shape index (κ3) is 2.91. The normalized spacial score (nSPS) is 21.6. The maximum absolute atomic E-state index is 6.14. The van der Waals surface area contributed by atoms with Gasteiger partial charge in [-0.2, -0.15) is 0 Å². The Labute approximate surface area is 108 Å². The van der Waals surface area contributed by atoms with Crippen LogP contribution in [0.15, 0.2) is 24.3 Å². The van der Waals surface area contributed by atoms with E-state index in [-0.39, 0.29) is 12.2 Å². The minimum Gasteiger partial charge on any atom is -0.376 e. The van der Waals surface area contributed by atoms with Crippen LogP contribution >= 0.6 is 0 Å². The fourth-order valence-corrected chi connectivity index (χ4v) is 2.27. The Morgan fingerprint density at radius 2 is 2.11 bits per heavy atom. The second-order valence-corrected chi connectivity index (χ2v) is 5.32. The maximum atomic E-state index is 6.14. The summed E-state index contributed by atoms with van der Waals surface area (Å²) in [4.78, 5) is 0. The molecule has 1 aromatic rings. The van der Waals surface area contributed by atoms with Crippen molar-refractivity contribution >= 4 is 0 Å². The molecule has 1 unspecified atom stereocenters. The van der Waals surface area contributed by atoms with Crippen molar-refractivity contribution in [3.8, 4) is 0 Å². The second kappa shape index (κ2) is 5.39. The Hall–Kier alpha value is -0.900. The summed E-state index contributed by atoms with van der Waals surface area (Å²) >= 11 is 0. The Morgan fingerprint density at radius 3 is 2.72 bits per heavy atom. The summed E-state index contributed by atoms with van der Waals surface area (Å²) < 4.78 is 11.3. The first-order chi connectivity index (χ1) is 8.83. The molecular weight excluding hydrogens is 226 g/mol. The molecule has 3 nitrogen and oxygen atoms in total. The van der Waals surface area contributed by atoms with E-state index in [1.807, 2.05) is 0 Å². The predicted octanol–water partition coefficient (Wildman–Crippen LogP) is 2.20. The van der Waals surface area contributed by atoms with Crippen LogP contribution in [0.2, 0.25) is 0 Å². The molecule has 2 fully saturated rings. The van der Waals surface area contributed by atoms with Gasteiger partial charge in [-0.1, -0.05) is 24.3 Å². The van der Waals surface area contributed by atoms with Crippen molar-refractivity contribution in [3.05, 3.63) is 35.4 Å². The first-order valence-electron chi connectivity index (χ1n) is 6.85. The molecule has 1 N–H and O–H groups in total. The minimum atomic E-state index is 0.153. The van der Waals surface area contributed by atoms with Gasteiger partial charge in [0.1, 0.15) is 6.10 Å². The van der Waals surface area contributed by atoms with Gasteiger partial charge < -0.3 is 14.8 Å². The molecule has 0 radical (unpaired) electrons. The molecule has 18 heavy (non-hydrogen) atoms. The Balaban J connectivity index is 1.67. The smallest absolute Gasteiger partial charge is 0.105 e. The van der Waals surface area contributed by atoms with E-state index in [9.17, 15) is 0 Å². The number of ether oxygens (including phenoxy) is 2. The molecule has 2 aliphatic rings. The van der Waals surface area contributed by atoms with Gasteiger partial charge >= 0.3 is 0 Å². The number of benzene rings is 1. The molecule has 0 spiro atoms. The Bertz CT molecular complexity index is 399. The number of nitrogens with one attached hydrogen (secondary N) is 1. The van der Waals surface area contributed by atoms with Crippen molar-refractivity contribution in [2.45, 2.75) is 38.0 Å². The van der Waals surface area contributed by atoms with Crippen molar-refractivity contribution in [1.82, 2.24) is 5.32 Å². The van der Waals surface area contributed by atoms with Gasteiger partial charge in [0.2, 0.25) is 0 Å². The molecule has 3 rings (SSSR count).